The Bertz CT molecular complexity index is 328. The molecule has 2 heterocycles. The molecule has 1 fully saturated rings. The van der Waals surface area contributed by atoms with Crippen LogP contribution in [0.4, 0.5) is 0 Å². The Kier molecular flexibility index (Phi) is 3.56. The van der Waals surface area contributed by atoms with E-state index in [0.717, 1.165) is 31.6 Å². The van der Waals surface area contributed by atoms with Gasteiger partial charge in [-0.3, -0.25) is 4.98 Å². The smallest absolute Gasteiger partial charge is 0.0936 e. The highest BCUT2D eigenvalue weighted by molar-refractivity contribution is 5.15. The fourth-order valence-electron chi connectivity index (χ4n) is 2.08. The number of hydrogen-bond donors (Lipinski definition) is 1. The zero-order chi connectivity index (χ0) is 11.4. The first-order valence-electron chi connectivity index (χ1n) is 5.96. The van der Waals surface area contributed by atoms with Gasteiger partial charge in [0.1, 0.15) is 0 Å². The third kappa shape index (κ3) is 2.80. The van der Waals surface area contributed by atoms with E-state index < -0.39 is 5.60 Å². The molecule has 0 saturated carbocycles. The second kappa shape index (κ2) is 4.93. The van der Waals surface area contributed by atoms with Crippen LogP contribution in [0.5, 0.6) is 0 Å². The predicted octanol–water partition coefficient (Wildman–Crippen LogP) is 1.73. The first kappa shape index (κ1) is 11.6. The topological polar surface area (TPSA) is 42.4 Å². The first-order chi connectivity index (χ1) is 7.72. The van der Waals surface area contributed by atoms with Gasteiger partial charge < -0.3 is 9.84 Å². The summed E-state index contributed by atoms with van der Waals surface area (Å²) < 4.78 is 5.32. The SMILES string of the molecule is CCc1ccc(CC2(O)CCCOC2)nc1. The molecule has 1 aliphatic heterocycles. The normalized spacial score (nSPS) is 25.6. The highest BCUT2D eigenvalue weighted by Gasteiger charge is 2.30. The van der Waals surface area contributed by atoms with Crippen molar-refractivity contribution in [1.29, 1.82) is 0 Å². The Morgan fingerprint density at radius 2 is 2.38 bits per heavy atom. The summed E-state index contributed by atoms with van der Waals surface area (Å²) in [7, 11) is 0. The average molecular weight is 221 g/mol. The van der Waals surface area contributed by atoms with Crippen LogP contribution in [0, 0.1) is 0 Å². The maximum absolute atomic E-state index is 10.3. The molecule has 1 atom stereocenters. The number of rotatable bonds is 3. The third-order valence-electron chi connectivity index (χ3n) is 3.11. The van der Waals surface area contributed by atoms with Crippen LogP contribution < -0.4 is 0 Å². The predicted molar refractivity (Wildman–Crippen MR) is 62.3 cm³/mol. The van der Waals surface area contributed by atoms with Gasteiger partial charge in [0, 0.05) is 24.9 Å². The molecule has 0 amide bonds. The van der Waals surface area contributed by atoms with Crippen molar-refractivity contribution >= 4 is 0 Å². The number of ether oxygens (including phenoxy) is 1. The summed E-state index contributed by atoms with van der Waals surface area (Å²) in [4.78, 5) is 4.37. The van der Waals surface area contributed by atoms with E-state index in [2.05, 4.69) is 18.0 Å². The molecule has 0 spiro atoms. The van der Waals surface area contributed by atoms with Gasteiger partial charge in [0.25, 0.3) is 0 Å². The maximum Gasteiger partial charge on any atom is 0.0936 e. The second-order valence-electron chi connectivity index (χ2n) is 4.57. The Morgan fingerprint density at radius 3 is 2.94 bits per heavy atom. The molecule has 0 bridgehead atoms. The highest BCUT2D eigenvalue weighted by atomic mass is 16.5. The van der Waals surface area contributed by atoms with Crippen LogP contribution >= 0.6 is 0 Å². The van der Waals surface area contributed by atoms with Crippen molar-refractivity contribution in [2.45, 2.75) is 38.2 Å². The fourth-order valence-corrected chi connectivity index (χ4v) is 2.08. The van der Waals surface area contributed by atoms with E-state index in [9.17, 15) is 5.11 Å². The number of pyridine rings is 1. The van der Waals surface area contributed by atoms with Crippen LogP contribution in [0.3, 0.4) is 0 Å². The Morgan fingerprint density at radius 1 is 1.50 bits per heavy atom. The summed E-state index contributed by atoms with van der Waals surface area (Å²) >= 11 is 0. The molecule has 1 aromatic rings. The number of aliphatic hydroxyl groups is 1. The quantitative estimate of drug-likeness (QED) is 0.845. The van der Waals surface area contributed by atoms with E-state index in [-0.39, 0.29) is 0 Å². The van der Waals surface area contributed by atoms with Crippen LogP contribution in [-0.4, -0.2) is 28.9 Å². The lowest BCUT2D eigenvalue weighted by molar-refractivity contribution is -0.0849. The summed E-state index contributed by atoms with van der Waals surface area (Å²) in [5, 5.41) is 10.3. The molecule has 1 N–H and O–H groups in total. The van der Waals surface area contributed by atoms with Crippen LogP contribution in [0.25, 0.3) is 0 Å². The molecule has 0 aliphatic carbocycles. The standard InChI is InChI=1S/C13H19NO2/c1-2-11-4-5-12(14-9-11)8-13(15)6-3-7-16-10-13/h4-5,9,15H,2-3,6-8,10H2,1H3. The van der Waals surface area contributed by atoms with Crippen molar-refractivity contribution in [3.8, 4) is 0 Å². The summed E-state index contributed by atoms with van der Waals surface area (Å²) in [5.41, 5.74) is 1.47. The van der Waals surface area contributed by atoms with Gasteiger partial charge in [0.05, 0.1) is 12.2 Å². The van der Waals surface area contributed by atoms with E-state index in [1.54, 1.807) is 0 Å². The Balaban J connectivity index is 2.01. The highest BCUT2D eigenvalue weighted by Crippen LogP contribution is 2.22. The largest absolute Gasteiger partial charge is 0.387 e. The summed E-state index contributed by atoms with van der Waals surface area (Å²) in [6.45, 7) is 3.31. The molecule has 3 nitrogen and oxygen atoms in total. The van der Waals surface area contributed by atoms with Crippen LogP contribution in [0.2, 0.25) is 0 Å². The van der Waals surface area contributed by atoms with E-state index in [1.165, 1.54) is 5.56 Å². The Labute approximate surface area is 96.5 Å². The third-order valence-corrected chi connectivity index (χ3v) is 3.11. The first-order valence-corrected chi connectivity index (χ1v) is 5.96. The molecule has 1 aliphatic rings. The van der Waals surface area contributed by atoms with Crippen LogP contribution in [0.1, 0.15) is 31.0 Å². The van der Waals surface area contributed by atoms with Gasteiger partial charge in [-0.1, -0.05) is 13.0 Å². The molecule has 0 radical (unpaired) electrons. The lowest BCUT2D eigenvalue weighted by Gasteiger charge is -2.31. The Hall–Kier alpha value is -0.930. The van der Waals surface area contributed by atoms with Crippen molar-refractivity contribution in [1.82, 2.24) is 4.98 Å². The molecular weight excluding hydrogens is 202 g/mol. The number of hydrogen-bond acceptors (Lipinski definition) is 3. The van der Waals surface area contributed by atoms with Gasteiger partial charge in [0.15, 0.2) is 0 Å². The van der Waals surface area contributed by atoms with Gasteiger partial charge in [-0.05, 0) is 30.9 Å². The lowest BCUT2D eigenvalue weighted by Crippen LogP contribution is -2.40. The van der Waals surface area contributed by atoms with Crippen LogP contribution in [-0.2, 0) is 17.6 Å². The minimum atomic E-state index is -0.709. The summed E-state index contributed by atoms with van der Waals surface area (Å²) in [5.74, 6) is 0. The molecule has 3 heteroatoms. The minimum absolute atomic E-state index is 0.435. The number of aromatic nitrogens is 1. The minimum Gasteiger partial charge on any atom is -0.387 e. The van der Waals surface area contributed by atoms with Crippen LogP contribution in [0.15, 0.2) is 18.3 Å². The van der Waals surface area contributed by atoms with E-state index in [0.29, 0.717) is 13.0 Å². The van der Waals surface area contributed by atoms with E-state index in [1.807, 2.05) is 12.3 Å². The van der Waals surface area contributed by atoms with E-state index in [4.69, 9.17) is 4.74 Å². The summed E-state index contributed by atoms with van der Waals surface area (Å²) in [6.07, 6.45) is 5.23. The zero-order valence-electron chi connectivity index (χ0n) is 9.78. The van der Waals surface area contributed by atoms with Gasteiger partial charge in [-0.2, -0.15) is 0 Å². The van der Waals surface area contributed by atoms with Gasteiger partial charge >= 0.3 is 0 Å². The fraction of sp³-hybridized carbons (Fsp3) is 0.615. The zero-order valence-corrected chi connectivity index (χ0v) is 9.78. The van der Waals surface area contributed by atoms with Crippen molar-refractivity contribution in [3.05, 3.63) is 29.6 Å². The van der Waals surface area contributed by atoms with Crippen molar-refractivity contribution in [3.63, 3.8) is 0 Å². The lowest BCUT2D eigenvalue weighted by atomic mass is 9.91. The molecule has 1 aromatic heterocycles. The number of aryl methyl sites for hydroxylation is 1. The average Bonchev–Trinajstić information content (AvgIpc) is 2.30. The van der Waals surface area contributed by atoms with Crippen molar-refractivity contribution in [2.75, 3.05) is 13.2 Å². The monoisotopic (exact) mass is 221 g/mol. The second-order valence-corrected chi connectivity index (χ2v) is 4.57. The molecular formula is C13H19NO2. The molecule has 2 rings (SSSR count). The summed E-state index contributed by atoms with van der Waals surface area (Å²) in [6, 6.07) is 4.08. The maximum atomic E-state index is 10.3. The number of nitrogens with zero attached hydrogens (tertiary/aromatic N) is 1. The van der Waals surface area contributed by atoms with E-state index >= 15 is 0 Å². The van der Waals surface area contributed by atoms with Gasteiger partial charge in [0.2, 0.25) is 0 Å². The van der Waals surface area contributed by atoms with Crippen molar-refractivity contribution in [2.24, 2.45) is 0 Å². The molecule has 88 valence electrons. The van der Waals surface area contributed by atoms with Gasteiger partial charge in [-0.25, -0.2) is 0 Å². The van der Waals surface area contributed by atoms with Gasteiger partial charge in [-0.15, -0.1) is 0 Å². The van der Waals surface area contributed by atoms with Crippen molar-refractivity contribution < 1.29 is 9.84 Å². The molecule has 0 aromatic carbocycles. The molecule has 1 unspecified atom stereocenters. The molecule has 1 saturated heterocycles. The molecule has 16 heavy (non-hydrogen) atoms.